The third kappa shape index (κ3) is 1.84. The van der Waals surface area contributed by atoms with Crippen molar-refractivity contribution in [2.75, 3.05) is 0 Å². The maximum absolute atomic E-state index is 13.9. The summed E-state index contributed by atoms with van der Waals surface area (Å²) in [6, 6.07) is 4.75. The summed E-state index contributed by atoms with van der Waals surface area (Å²) in [5.41, 5.74) is -0.128. The lowest BCUT2D eigenvalue weighted by Crippen LogP contribution is -1.98. The fourth-order valence-electron chi connectivity index (χ4n) is 2.17. The van der Waals surface area contributed by atoms with Crippen LogP contribution in [0.25, 0.3) is 22.4 Å². The molecule has 3 rings (SSSR count). The van der Waals surface area contributed by atoms with Gasteiger partial charge in [0.2, 0.25) is 5.82 Å². The van der Waals surface area contributed by atoms with Gasteiger partial charge in [0.1, 0.15) is 11.3 Å². The molecule has 0 atom stereocenters. The molecule has 0 unspecified atom stereocenters. The van der Waals surface area contributed by atoms with E-state index in [1.165, 1.54) is 23.7 Å². The molecule has 3 nitrogen and oxygen atoms in total. The summed E-state index contributed by atoms with van der Waals surface area (Å²) in [5.74, 6) is -6.63. The van der Waals surface area contributed by atoms with Crippen LogP contribution in [0.2, 0.25) is 0 Å². The van der Waals surface area contributed by atoms with Gasteiger partial charge in [-0.3, -0.25) is 0 Å². The molecule has 21 heavy (non-hydrogen) atoms. The second-order valence-electron chi connectivity index (χ2n) is 4.48. The zero-order valence-corrected chi connectivity index (χ0v) is 10.7. The second-order valence-corrected chi connectivity index (χ2v) is 4.48. The van der Waals surface area contributed by atoms with Crippen LogP contribution in [0.15, 0.2) is 24.3 Å². The largest absolute Gasteiger partial charge is 0.503 e. The Balaban J connectivity index is 2.36. The number of hydrogen-bond acceptors (Lipinski definition) is 2. The van der Waals surface area contributed by atoms with E-state index in [1.54, 1.807) is 6.07 Å². The molecule has 7 heteroatoms. The summed E-state index contributed by atoms with van der Waals surface area (Å²) < 4.78 is 55.4. The Morgan fingerprint density at radius 3 is 2.43 bits per heavy atom. The van der Waals surface area contributed by atoms with Crippen LogP contribution in [0.3, 0.4) is 0 Å². The highest BCUT2D eigenvalue weighted by atomic mass is 19.2. The molecular weight excluding hydrogens is 288 g/mol. The van der Waals surface area contributed by atoms with Crippen molar-refractivity contribution in [3.05, 3.63) is 47.5 Å². The van der Waals surface area contributed by atoms with Gasteiger partial charge < -0.3 is 9.67 Å². The van der Waals surface area contributed by atoms with Crippen LogP contribution in [-0.4, -0.2) is 14.7 Å². The van der Waals surface area contributed by atoms with Gasteiger partial charge in [0, 0.05) is 7.05 Å². The average Bonchev–Trinajstić information content (AvgIpc) is 2.80. The van der Waals surface area contributed by atoms with Crippen LogP contribution >= 0.6 is 0 Å². The summed E-state index contributed by atoms with van der Waals surface area (Å²) in [6.45, 7) is 0. The second kappa shape index (κ2) is 4.47. The van der Waals surface area contributed by atoms with Crippen molar-refractivity contribution in [2.45, 2.75) is 0 Å². The van der Waals surface area contributed by atoms with E-state index < -0.39 is 34.6 Å². The molecule has 108 valence electrons. The third-order valence-corrected chi connectivity index (χ3v) is 3.24. The van der Waals surface area contributed by atoms with Crippen LogP contribution in [0.1, 0.15) is 0 Å². The zero-order chi connectivity index (χ0) is 15.3. The minimum Gasteiger partial charge on any atom is -0.503 e. The number of imidazole rings is 1. The van der Waals surface area contributed by atoms with Gasteiger partial charge in [0.15, 0.2) is 23.2 Å². The Kier molecular flexibility index (Phi) is 2.86. The van der Waals surface area contributed by atoms with Gasteiger partial charge in [-0.05, 0) is 18.2 Å². The molecule has 1 N–H and O–H groups in total. The number of aryl methyl sites for hydroxylation is 1. The van der Waals surface area contributed by atoms with E-state index in [0.717, 1.165) is 0 Å². The van der Waals surface area contributed by atoms with Gasteiger partial charge >= 0.3 is 0 Å². The quantitative estimate of drug-likeness (QED) is 0.551. The number of fused-ring (bicyclic) bond motifs is 1. The lowest BCUT2D eigenvalue weighted by molar-refractivity contribution is 0.377. The first kappa shape index (κ1) is 13.4. The molecule has 3 aromatic rings. The SMILES string of the molecule is Cn1c(-c2cc(F)c(F)c(O)c2F)nc2c(F)cccc21. The number of aromatic nitrogens is 2. The number of phenolic OH excluding ortho intramolecular Hbond substituents is 1. The predicted octanol–water partition coefficient (Wildman–Crippen LogP) is 3.50. The molecule has 0 spiro atoms. The predicted molar refractivity (Wildman–Crippen MR) is 67.6 cm³/mol. The van der Waals surface area contributed by atoms with Crippen LogP contribution in [0.5, 0.6) is 5.75 Å². The monoisotopic (exact) mass is 296 g/mol. The number of para-hydroxylation sites is 1. The Hall–Kier alpha value is -2.57. The van der Waals surface area contributed by atoms with Crippen molar-refractivity contribution in [2.24, 2.45) is 7.05 Å². The fourth-order valence-corrected chi connectivity index (χ4v) is 2.17. The van der Waals surface area contributed by atoms with Gasteiger partial charge in [-0.1, -0.05) is 6.07 Å². The summed E-state index contributed by atoms with van der Waals surface area (Å²) in [7, 11) is 1.47. The van der Waals surface area contributed by atoms with Gasteiger partial charge in [-0.25, -0.2) is 18.2 Å². The van der Waals surface area contributed by atoms with E-state index in [0.29, 0.717) is 11.6 Å². The van der Waals surface area contributed by atoms with Gasteiger partial charge in [-0.2, -0.15) is 4.39 Å². The molecule has 0 fully saturated rings. The Morgan fingerprint density at radius 1 is 1.05 bits per heavy atom. The Morgan fingerprint density at radius 2 is 1.76 bits per heavy atom. The number of rotatable bonds is 1. The minimum atomic E-state index is -1.68. The van der Waals surface area contributed by atoms with Gasteiger partial charge in [0.25, 0.3) is 0 Å². The molecule has 0 aliphatic carbocycles. The molecular formula is C14H8F4N2O. The van der Waals surface area contributed by atoms with Crippen molar-refractivity contribution in [3.63, 3.8) is 0 Å². The fraction of sp³-hybridized carbons (Fsp3) is 0.0714. The normalized spacial score (nSPS) is 11.3. The number of halogens is 4. The van der Waals surface area contributed by atoms with E-state index in [2.05, 4.69) is 4.98 Å². The number of nitrogens with zero attached hydrogens (tertiary/aromatic N) is 2. The topological polar surface area (TPSA) is 38.0 Å². The Labute approximate surface area is 116 Å². The maximum Gasteiger partial charge on any atom is 0.203 e. The highest BCUT2D eigenvalue weighted by Gasteiger charge is 2.23. The van der Waals surface area contributed by atoms with Crippen molar-refractivity contribution >= 4 is 11.0 Å². The molecule has 0 bridgehead atoms. The molecule has 0 saturated heterocycles. The summed E-state index contributed by atoms with van der Waals surface area (Å²) in [6.07, 6.45) is 0. The van der Waals surface area contributed by atoms with Crippen LogP contribution in [0.4, 0.5) is 17.6 Å². The zero-order valence-electron chi connectivity index (χ0n) is 10.7. The third-order valence-electron chi connectivity index (χ3n) is 3.24. The number of hydrogen-bond donors (Lipinski definition) is 1. The summed E-state index contributed by atoms with van der Waals surface area (Å²) in [4.78, 5) is 3.90. The maximum atomic E-state index is 13.9. The Bertz CT molecular complexity index is 873. The molecule has 2 aromatic carbocycles. The van der Waals surface area contributed by atoms with Crippen LogP contribution < -0.4 is 0 Å². The molecule has 0 amide bonds. The van der Waals surface area contributed by atoms with Crippen molar-refractivity contribution in [1.82, 2.24) is 9.55 Å². The van der Waals surface area contributed by atoms with Crippen molar-refractivity contribution in [1.29, 1.82) is 0 Å². The van der Waals surface area contributed by atoms with Crippen LogP contribution in [0, 0.1) is 23.3 Å². The first-order chi connectivity index (χ1) is 9.91. The smallest absolute Gasteiger partial charge is 0.203 e. The van der Waals surface area contributed by atoms with Crippen molar-refractivity contribution < 1.29 is 22.7 Å². The number of aromatic hydroxyl groups is 1. The average molecular weight is 296 g/mol. The first-order valence-corrected chi connectivity index (χ1v) is 5.89. The highest BCUT2D eigenvalue weighted by molar-refractivity contribution is 5.81. The highest BCUT2D eigenvalue weighted by Crippen LogP contribution is 2.33. The lowest BCUT2D eigenvalue weighted by atomic mass is 10.1. The number of phenols is 1. The molecule has 0 aliphatic rings. The van der Waals surface area contributed by atoms with E-state index in [1.807, 2.05) is 0 Å². The molecule has 0 radical (unpaired) electrons. The van der Waals surface area contributed by atoms with Crippen LogP contribution in [-0.2, 0) is 7.05 Å². The van der Waals surface area contributed by atoms with Crippen molar-refractivity contribution in [3.8, 4) is 17.1 Å². The molecule has 0 aliphatic heterocycles. The molecule has 1 aromatic heterocycles. The molecule has 1 heterocycles. The van der Waals surface area contributed by atoms with E-state index >= 15 is 0 Å². The van der Waals surface area contributed by atoms with Gasteiger partial charge in [0.05, 0.1) is 11.1 Å². The standard InChI is InChI=1S/C14H8F4N2O/c1-20-9-4-2-3-7(15)12(9)19-14(20)6-5-8(16)11(18)13(21)10(6)17/h2-5,21H,1H3. The van der Waals surface area contributed by atoms with E-state index in [-0.39, 0.29) is 11.3 Å². The number of benzene rings is 2. The summed E-state index contributed by atoms with van der Waals surface area (Å²) in [5, 5.41) is 9.25. The molecule has 0 saturated carbocycles. The minimum absolute atomic E-state index is 0.0291. The summed E-state index contributed by atoms with van der Waals surface area (Å²) >= 11 is 0. The lowest BCUT2D eigenvalue weighted by Gasteiger charge is -2.07. The van der Waals surface area contributed by atoms with E-state index in [4.69, 9.17) is 0 Å². The first-order valence-electron chi connectivity index (χ1n) is 5.89. The van der Waals surface area contributed by atoms with Gasteiger partial charge in [-0.15, -0.1) is 0 Å². The van der Waals surface area contributed by atoms with E-state index in [9.17, 15) is 22.7 Å².